The maximum Gasteiger partial charge on any atom is 0.413 e. The van der Waals surface area contributed by atoms with Crippen molar-refractivity contribution in [3.63, 3.8) is 0 Å². The maximum absolute atomic E-state index is 12.5. The molecular weight excluding hydrogens is 410 g/mol. The molecule has 1 aromatic carbocycles. The van der Waals surface area contributed by atoms with Crippen LogP contribution >= 0.6 is 22.9 Å². The highest BCUT2D eigenvalue weighted by atomic mass is 35.5. The first-order chi connectivity index (χ1) is 13.9. The minimum atomic E-state index is -0.952. The molecule has 2 N–H and O–H groups in total. The first-order valence-electron chi connectivity index (χ1n) is 9.81. The van der Waals surface area contributed by atoms with Crippen molar-refractivity contribution in [2.24, 2.45) is 0 Å². The molecule has 2 amide bonds. The SMILES string of the molecule is CN1CCc2ccc(NC(=O)OC3(NC(=O)c4ccc(Cl)s4)CCC3)cc2CC1. The number of carbonyl (C=O) groups excluding carboxylic acids is 2. The first kappa shape index (κ1) is 20.2. The lowest BCUT2D eigenvalue weighted by atomic mass is 9.88. The molecule has 154 valence electrons. The van der Waals surface area contributed by atoms with Gasteiger partial charge in [0.2, 0.25) is 0 Å². The lowest BCUT2D eigenvalue weighted by molar-refractivity contribution is -0.0609. The Kier molecular flexibility index (Phi) is 5.81. The highest BCUT2D eigenvalue weighted by Crippen LogP contribution is 2.34. The summed E-state index contributed by atoms with van der Waals surface area (Å²) in [6.07, 6.45) is 3.51. The Morgan fingerprint density at radius 3 is 2.55 bits per heavy atom. The van der Waals surface area contributed by atoms with Gasteiger partial charge in [-0.1, -0.05) is 17.7 Å². The van der Waals surface area contributed by atoms with E-state index in [4.69, 9.17) is 16.3 Å². The molecule has 1 saturated carbocycles. The molecular formula is C21H24ClN3O3S. The van der Waals surface area contributed by atoms with Gasteiger partial charge in [-0.3, -0.25) is 10.1 Å². The van der Waals surface area contributed by atoms with Crippen LogP contribution in [0.3, 0.4) is 0 Å². The van der Waals surface area contributed by atoms with Crippen molar-refractivity contribution >= 4 is 40.6 Å². The third kappa shape index (κ3) is 4.74. The molecule has 1 fully saturated rings. The van der Waals surface area contributed by atoms with Gasteiger partial charge in [0, 0.05) is 31.6 Å². The average molecular weight is 434 g/mol. The number of halogens is 1. The fourth-order valence-electron chi connectivity index (χ4n) is 3.69. The summed E-state index contributed by atoms with van der Waals surface area (Å²) in [7, 11) is 2.12. The van der Waals surface area contributed by atoms with Gasteiger partial charge < -0.3 is 15.0 Å². The van der Waals surface area contributed by atoms with Crippen LogP contribution in [0.1, 0.15) is 40.1 Å². The second-order valence-corrected chi connectivity index (χ2v) is 9.42. The fraction of sp³-hybridized carbons (Fsp3) is 0.429. The summed E-state index contributed by atoms with van der Waals surface area (Å²) >= 11 is 7.11. The molecule has 6 nitrogen and oxygen atoms in total. The Balaban J connectivity index is 1.39. The molecule has 1 aliphatic heterocycles. The zero-order valence-corrected chi connectivity index (χ0v) is 17.9. The molecule has 1 aliphatic carbocycles. The van der Waals surface area contributed by atoms with E-state index in [1.807, 2.05) is 12.1 Å². The van der Waals surface area contributed by atoms with Crippen LogP contribution in [0.2, 0.25) is 4.34 Å². The number of hydrogen-bond acceptors (Lipinski definition) is 5. The smallest absolute Gasteiger partial charge is 0.413 e. The van der Waals surface area contributed by atoms with Crippen molar-refractivity contribution in [3.8, 4) is 0 Å². The largest absolute Gasteiger partial charge is 0.423 e. The van der Waals surface area contributed by atoms with Gasteiger partial charge in [0.15, 0.2) is 5.72 Å². The zero-order chi connectivity index (χ0) is 20.4. The molecule has 8 heteroatoms. The molecule has 2 heterocycles. The van der Waals surface area contributed by atoms with Gasteiger partial charge in [0.25, 0.3) is 5.91 Å². The molecule has 0 atom stereocenters. The van der Waals surface area contributed by atoms with Gasteiger partial charge in [0.05, 0.1) is 9.21 Å². The summed E-state index contributed by atoms with van der Waals surface area (Å²) < 4.78 is 6.19. The number of hydrogen-bond donors (Lipinski definition) is 2. The monoisotopic (exact) mass is 433 g/mol. The van der Waals surface area contributed by atoms with E-state index in [1.165, 1.54) is 22.5 Å². The zero-order valence-electron chi connectivity index (χ0n) is 16.3. The Morgan fingerprint density at radius 1 is 1.14 bits per heavy atom. The summed E-state index contributed by atoms with van der Waals surface area (Å²) in [6, 6.07) is 9.35. The Morgan fingerprint density at radius 2 is 1.90 bits per heavy atom. The lowest BCUT2D eigenvalue weighted by Gasteiger charge is -2.41. The van der Waals surface area contributed by atoms with Crippen LogP contribution in [-0.2, 0) is 17.6 Å². The number of thiophene rings is 1. The van der Waals surface area contributed by atoms with Gasteiger partial charge in [-0.15, -0.1) is 11.3 Å². The normalized spacial score (nSPS) is 18.1. The van der Waals surface area contributed by atoms with E-state index in [9.17, 15) is 9.59 Å². The minimum Gasteiger partial charge on any atom is -0.423 e. The minimum absolute atomic E-state index is 0.274. The molecule has 0 spiro atoms. The van der Waals surface area contributed by atoms with Crippen molar-refractivity contribution in [1.29, 1.82) is 0 Å². The molecule has 4 rings (SSSR count). The maximum atomic E-state index is 12.5. The van der Waals surface area contributed by atoms with E-state index in [1.54, 1.807) is 12.1 Å². The number of fused-ring (bicyclic) bond motifs is 1. The second kappa shape index (κ2) is 8.34. The van der Waals surface area contributed by atoms with Crippen LogP contribution in [0.15, 0.2) is 30.3 Å². The molecule has 0 saturated heterocycles. The van der Waals surface area contributed by atoms with Crippen LogP contribution in [0.5, 0.6) is 0 Å². The van der Waals surface area contributed by atoms with E-state index in [0.717, 1.165) is 32.4 Å². The van der Waals surface area contributed by atoms with E-state index >= 15 is 0 Å². The molecule has 0 unspecified atom stereocenters. The van der Waals surface area contributed by atoms with Gasteiger partial charge in [0.1, 0.15) is 0 Å². The highest BCUT2D eigenvalue weighted by Gasteiger charge is 2.43. The summed E-state index contributed by atoms with van der Waals surface area (Å²) in [5, 5.41) is 5.68. The van der Waals surface area contributed by atoms with Gasteiger partial charge in [-0.05, 0) is 61.7 Å². The Hall–Kier alpha value is -2.09. The van der Waals surface area contributed by atoms with E-state index in [-0.39, 0.29) is 5.91 Å². The van der Waals surface area contributed by atoms with Crippen molar-refractivity contribution in [2.45, 2.75) is 37.8 Å². The molecule has 0 radical (unpaired) electrons. The third-order valence-electron chi connectivity index (χ3n) is 5.57. The number of anilines is 1. The number of benzene rings is 1. The molecule has 2 aliphatic rings. The number of carbonyl (C=O) groups is 2. The number of likely N-dealkylation sites (N-methyl/N-ethyl adjacent to an activating group) is 1. The Labute approximate surface area is 179 Å². The van der Waals surface area contributed by atoms with Crippen molar-refractivity contribution in [1.82, 2.24) is 10.2 Å². The van der Waals surface area contributed by atoms with Crippen molar-refractivity contribution in [2.75, 3.05) is 25.5 Å². The Bertz CT molecular complexity index is 926. The van der Waals surface area contributed by atoms with Crippen LogP contribution in [-0.4, -0.2) is 42.8 Å². The molecule has 1 aromatic heterocycles. The standard InChI is InChI=1S/C21H24ClN3O3S/c1-25-11-7-14-3-4-16(13-15(14)8-12-25)23-20(27)28-21(9-2-10-21)24-19(26)17-5-6-18(22)29-17/h3-6,13H,2,7-12H2,1H3,(H,23,27)(H,24,26). The quantitative estimate of drug-likeness (QED) is 0.705. The van der Waals surface area contributed by atoms with Gasteiger partial charge >= 0.3 is 6.09 Å². The number of nitrogens with zero attached hydrogens (tertiary/aromatic N) is 1. The van der Waals surface area contributed by atoms with Crippen molar-refractivity contribution < 1.29 is 14.3 Å². The lowest BCUT2D eigenvalue weighted by Crippen LogP contribution is -2.56. The van der Waals surface area contributed by atoms with E-state index in [0.29, 0.717) is 27.7 Å². The first-order valence-corrected chi connectivity index (χ1v) is 11.0. The van der Waals surface area contributed by atoms with Crippen molar-refractivity contribution in [3.05, 3.63) is 50.7 Å². The summed E-state index contributed by atoms with van der Waals surface area (Å²) in [5.41, 5.74) is 2.34. The van der Waals surface area contributed by atoms with Crippen LogP contribution in [0, 0.1) is 0 Å². The average Bonchev–Trinajstić information content (AvgIpc) is 3.01. The topological polar surface area (TPSA) is 70.7 Å². The second-order valence-electron chi connectivity index (χ2n) is 7.71. The van der Waals surface area contributed by atoms with E-state index < -0.39 is 11.8 Å². The van der Waals surface area contributed by atoms with Gasteiger partial charge in [-0.2, -0.15) is 0 Å². The van der Waals surface area contributed by atoms with Gasteiger partial charge in [-0.25, -0.2) is 4.79 Å². The predicted molar refractivity (Wildman–Crippen MR) is 115 cm³/mol. The highest BCUT2D eigenvalue weighted by molar-refractivity contribution is 7.18. The third-order valence-corrected chi connectivity index (χ3v) is 6.80. The number of rotatable bonds is 4. The van der Waals surface area contributed by atoms with Crippen LogP contribution < -0.4 is 10.6 Å². The number of nitrogens with one attached hydrogen (secondary N) is 2. The van der Waals surface area contributed by atoms with E-state index in [2.05, 4.69) is 28.6 Å². The molecule has 2 aromatic rings. The number of ether oxygens (including phenoxy) is 1. The fourth-order valence-corrected chi connectivity index (χ4v) is 4.63. The van der Waals surface area contributed by atoms with Crippen LogP contribution in [0.4, 0.5) is 10.5 Å². The summed E-state index contributed by atoms with van der Waals surface area (Å²) in [5.74, 6) is -0.274. The predicted octanol–water partition coefficient (Wildman–Crippen LogP) is 4.29. The summed E-state index contributed by atoms with van der Waals surface area (Å²) in [6.45, 7) is 2.04. The van der Waals surface area contributed by atoms with Crippen LogP contribution in [0.25, 0.3) is 0 Å². The number of amides is 2. The summed E-state index contributed by atoms with van der Waals surface area (Å²) in [4.78, 5) is 27.8. The molecule has 29 heavy (non-hydrogen) atoms. The molecule has 0 bridgehead atoms.